The van der Waals surface area contributed by atoms with Gasteiger partial charge in [0.1, 0.15) is 5.01 Å². The average molecular weight is 266 g/mol. The highest BCUT2D eigenvalue weighted by Gasteiger charge is 2.07. The SMILES string of the molecule is Cc1nc(Cn2cc(CCC(=O)O)nn2)sc1C. The maximum atomic E-state index is 10.4. The van der Waals surface area contributed by atoms with E-state index in [2.05, 4.69) is 15.3 Å². The second kappa shape index (κ2) is 5.26. The van der Waals surface area contributed by atoms with Crippen LogP contribution in [0.15, 0.2) is 6.20 Å². The molecule has 0 radical (unpaired) electrons. The van der Waals surface area contributed by atoms with Crippen molar-refractivity contribution in [1.29, 1.82) is 0 Å². The number of thiazole rings is 1. The molecule has 0 saturated heterocycles. The number of aliphatic carboxylic acids is 1. The second-order valence-corrected chi connectivity index (χ2v) is 5.34. The normalized spacial score (nSPS) is 10.8. The minimum atomic E-state index is -0.823. The molecule has 6 nitrogen and oxygen atoms in total. The minimum absolute atomic E-state index is 0.0775. The molecule has 2 heterocycles. The topological polar surface area (TPSA) is 80.9 Å². The number of rotatable bonds is 5. The van der Waals surface area contributed by atoms with Gasteiger partial charge in [-0.2, -0.15) is 0 Å². The number of nitrogens with zero attached hydrogens (tertiary/aromatic N) is 4. The van der Waals surface area contributed by atoms with Gasteiger partial charge >= 0.3 is 5.97 Å². The van der Waals surface area contributed by atoms with Crippen LogP contribution in [0.1, 0.15) is 27.7 Å². The molecule has 0 aliphatic heterocycles. The number of carbonyl (C=O) groups is 1. The molecule has 0 bridgehead atoms. The van der Waals surface area contributed by atoms with E-state index >= 15 is 0 Å². The van der Waals surface area contributed by atoms with Crippen molar-refractivity contribution in [3.63, 3.8) is 0 Å². The van der Waals surface area contributed by atoms with Crippen LogP contribution in [-0.2, 0) is 17.8 Å². The van der Waals surface area contributed by atoms with Crippen LogP contribution >= 0.6 is 11.3 Å². The predicted molar refractivity (Wildman–Crippen MR) is 66.7 cm³/mol. The van der Waals surface area contributed by atoms with Gasteiger partial charge < -0.3 is 5.11 Å². The van der Waals surface area contributed by atoms with E-state index in [4.69, 9.17) is 5.11 Å². The summed E-state index contributed by atoms with van der Waals surface area (Å²) in [6, 6.07) is 0. The molecule has 7 heteroatoms. The molecule has 18 heavy (non-hydrogen) atoms. The first kappa shape index (κ1) is 12.7. The molecule has 0 saturated carbocycles. The smallest absolute Gasteiger partial charge is 0.303 e. The van der Waals surface area contributed by atoms with Crippen molar-refractivity contribution >= 4 is 17.3 Å². The summed E-state index contributed by atoms with van der Waals surface area (Å²) in [7, 11) is 0. The van der Waals surface area contributed by atoms with Crippen LogP contribution in [0.25, 0.3) is 0 Å². The van der Waals surface area contributed by atoms with E-state index in [1.807, 2.05) is 13.8 Å². The summed E-state index contributed by atoms with van der Waals surface area (Å²) < 4.78 is 1.69. The van der Waals surface area contributed by atoms with Gasteiger partial charge in [0, 0.05) is 17.5 Å². The zero-order chi connectivity index (χ0) is 13.1. The first-order valence-electron chi connectivity index (χ1n) is 5.58. The zero-order valence-corrected chi connectivity index (χ0v) is 11.1. The van der Waals surface area contributed by atoms with E-state index in [9.17, 15) is 4.79 Å². The summed E-state index contributed by atoms with van der Waals surface area (Å²) in [5.74, 6) is -0.823. The fourth-order valence-corrected chi connectivity index (χ4v) is 2.44. The zero-order valence-electron chi connectivity index (χ0n) is 10.3. The maximum Gasteiger partial charge on any atom is 0.303 e. The van der Waals surface area contributed by atoms with Gasteiger partial charge in [-0.05, 0) is 13.8 Å². The van der Waals surface area contributed by atoms with Gasteiger partial charge in [-0.25, -0.2) is 9.67 Å². The Kier molecular flexibility index (Phi) is 3.71. The van der Waals surface area contributed by atoms with Gasteiger partial charge in [-0.1, -0.05) is 5.21 Å². The maximum absolute atomic E-state index is 10.4. The van der Waals surface area contributed by atoms with Gasteiger partial charge in [0.15, 0.2) is 0 Å². The van der Waals surface area contributed by atoms with Gasteiger partial charge in [0.25, 0.3) is 0 Å². The minimum Gasteiger partial charge on any atom is -0.481 e. The molecule has 0 atom stereocenters. The average Bonchev–Trinajstić information content (AvgIpc) is 2.85. The number of aromatic nitrogens is 4. The van der Waals surface area contributed by atoms with Crippen LogP contribution in [-0.4, -0.2) is 31.1 Å². The number of hydrogen-bond donors (Lipinski definition) is 1. The molecular weight excluding hydrogens is 252 g/mol. The second-order valence-electron chi connectivity index (χ2n) is 4.05. The third-order valence-corrected chi connectivity index (χ3v) is 3.61. The van der Waals surface area contributed by atoms with Crippen molar-refractivity contribution in [2.45, 2.75) is 33.2 Å². The van der Waals surface area contributed by atoms with Crippen molar-refractivity contribution in [2.75, 3.05) is 0 Å². The third-order valence-electron chi connectivity index (χ3n) is 2.55. The van der Waals surface area contributed by atoms with Crippen LogP contribution in [0, 0.1) is 13.8 Å². The molecule has 0 spiro atoms. The quantitative estimate of drug-likeness (QED) is 0.885. The summed E-state index contributed by atoms with van der Waals surface area (Å²) in [4.78, 5) is 16.1. The molecule has 0 aromatic carbocycles. The van der Waals surface area contributed by atoms with Crippen molar-refractivity contribution in [3.8, 4) is 0 Å². The molecule has 0 unspecified atom stereocenters. The molecule has 0 aliphatic rings. The van der Waals surface area contributed by atoms with E-state index in [0.29, 0.717) is 18.7 Å². The van der Waals surface area contributed by atoms with Crippen LogP contribution in [0.2, 0.25) is 0 Å². The van der Waals surface area contributed by atoms with Crippen LogP contribution < -0.4 is 0 Å². The Labute approximate surface area is 108 Å². The number of carboxylic acids is 1. The monoisotopic (exact) mass is 266 g/mol. The van der Waals surface area contributed by atoms with Gasteiger partial charge in [0.2, 0.25) is 0 Å². The Balaban J connectivity index is 2.00. The Hall–Kier alpha value is -1.76. The Morgan fingerprint density at radius 1 is 1.50 bits per heavy atom. The number of carboxylic acid groups (broad SMARTS) is 1. The fraction of sp³-hybridized carbons (Fsp3) is 0.455. The Bertz CT molecular complexity index is 542. The molecule has 2 aromatic heterocycles. The van der Waals surface area contributed by atoms with Crippen LogP contribution in [0.5, 0.6) is 0 Å². The Morgan fingerprint density at radius 3 is 2.89 bits per heavy atom. The highest BCUT2D eigenvalue weighted by Crippen LogP contribution is 2.17. The molecule has 2 rings (SSSR count). The largest absolute Gasteiger partial charge is 0.481 e. The lowest BCUT2D eigenvalue weighted by atomic mass is 10.2. The van der Waals surface area contributed by atoms with Crippen LogP contribution in [0.3, 0.4) is 0 Å². The first-order valence-corrected chi connectivity index (χ1v) is 6.40. The first-order chi connectivity index (χ1) is 8.54. The van der Waals surface area contributed by atoms with E-state index in [-0.39, 0.29) is 6.42 Å². The third kappa shape index (κ3) is 3.13. The summed E-state index contributed by atoms with van der Waals surface area (Å²) in [6.07, 6.45) is 2.26. The predicted octanol–water partition coefficient (Wildman–Crippen LogP) is 1.42. The fourth-order valence-electron chi connectivity index (χ4n) is 1.51. The molecule has 0 aliphatic carbocycles. The Morgan fingerprint density at radius 2 is 2.28 bits per heavy atom. The number of aryl methyl sites for hydroxylation is 3. The van der Waals surface area contributed by atoms with Crippen LogP contribution in [0.4, 0.5) is 0 Å². The van der Waals surface area contributed by atoms with Gasteiger partial charge in [0.05, 0.1) is 24.4 Å². The van der Waals surface area contributed by atoms with E-state index in [1.54, 1.807) is 22.2 Å². The van der Waals surface area contributed by atoms with Gasteiger partial charge in [-0.3, -0.25) is 4.79 Å². The molecule has 0 fully saturated rings. The van der Waals surface area contributed by atoms with E-state index in [0.717, 1.165) is 10.7 Å². The highest BCUT2D eigenvalue weighted by atomic mass is 32.1. The van der Waals surface area contributed by atoms with Crippen molar-refractivity contribution in [2.24, 2.45) is 0 Å². The standard InChI is InChI=1S/C11H14N4O2S/c1-7-8(2)18-10(12-7)6-15-5-9(13-14-15)3-4-11(16)17/h5H,3-4,6H2,1-2H3,(H,16,17). The lowest BCUT2D eigenvalue weighted by Crippen LogP contribution is -2.00. The van der Waals surface area contributed by atoms with Crippen molar-refractivity contribution < 1.29 is 9.90 Å². The van der Waals surface area contributed by atoms with E-state index in [1.165, 1.54) is 4.88 Å². The van der Waals surface area contributed by atoms with Crippen molar-refractivity contribution in [3.05, 3.63) is 27.5 Å². The summed E-state index contributed by atoms with van der Waals surface area (Å²) in [5.41, 5.74) is 1.74. The molecular formula is C11H14N4O2S. The molecule has 2 aromatic rings. The van der Waals surface area contributed by atoms with Gasteiger partial charge in [-0.15, -0.1) is 16.4 Å². The molecule has 1 N–H and O–H groups in total. The molecule has 0 amide bonds. The summed E-state index contributed by atoms with van der Waals surface area (Å²) in [6.45, 7) is 4.60. The lowest BCUT2D eigenvalue weighted by molar-refractivity contribution is -0.136. The highest BCUT2D eigenvalue weighted by molar-refractivity contribution is 7.11. The van der Waals surface area contributed by atoms with Crippen molar-refractivity contribution in [1.82, 2.24) is 20.0 Å². The summed E-state index contributed by atoms with van der Waals surface area (Å²) in [5, 5.41) is 17.5. The van der Waals surface area contributed by atoms with E-state index < -0.39 is 5.97 Å². The lowest BCUT2D eigenvalue weighted by Gasteiger charge is -1.94. The molecule has 96 valence electrons. The number of hydrogen-bond acceptors (Lipinski definition) is 5. The summed E-state index contributed by atoms with van der Waals surface area (Å²) >= 11 is 1.64.